The minimum Gasteiger partial charge on any atom is -0.750 e. The third-order valence-electron chi connectivity index (χ3n) is 4.71. The predicted octanol–water partition coefficient (Wildman–Crippen LogP) is 1.92. The zero-order valence-electron chi connectivity index (χ0n) is 15.9. The summed E-state index contributed by atoms with van der Waals surface area (Å²) in [6, 6.07) is 7.83. The van der Waals surface area contributed by atoms with E-state index in [0.717, 1.165) is 23.3 Å². The predicted molar refractivity (Wildman–Crippen MR) is 102 cm³/mol. The van der Waals surface area contributed by atoms with Crippen molar-refractivity contribution >= 4 is 34.5 Å². The molecule has 2 heterocycles. The second-order valence-electron chi connectivity index (χ2n) is 6.89. The number of carbonyl (C=O) groups is 2. The zero-order valence-corrected chi connectivity index (χ0v) is 17.5. The molecule has 11 heteroatoms. The highest BCUT2D eigenvalue weighted by Gasteiger charge is 2.41. The van der Waals surface area contributed by atoms with Crippen molar-refractivity contribution in [2.24, 2.45) is 5.92 Å². The molecular formula is C19H18FNO7S2-2. The summed E-state index contributed by atoms with van der Waals surface area (Å²) in [5.41, 5.74) is 1.50. The molecule has 162 valence electrons. The van der Waals surface area contributed by atoms with Crippen LogP contribution in [-0.4, -0.2) is 25.4 Å². The van der Waals surface area contributed by atoms with Gasteiger partial charge in [0.05, 0.1) is 17.4 Å². The van der Waals surface area contributed by atoms with E-state index >= 15 is 0 Å². The van der Waals surface area contributed by atoms with Crippen molar-refractivity contribution in [2.45, 2.75) is 38.9 Å². The van der Waals surface area contributed by atoms with Crippen molar-refractivity contribution in [3.63, 3.8) is 0 Å². The molecule has 2 aliphatic rings. The van der Waals surface area contributed by atoms with Crippen molar-refractivity contribution in [2.75, 3.05) is 0 Å². The van der Waals surface area contributed by atoms with Crippen LogP contribution >= 0.6 is 11.3 Å². The largest absolute Gasteiger partial charge is 0.750 e. The minimum absolute atomic E-state index is 0.0554. The lowest BCUT2D eigenvalue weighted by molar-refractivity contribution is -0.635. The molecule has 1 saturated carbocycles. The molecule has 0 bridgehead atoms. The molecule has 1 aromatic heterocycles. The Bertz CT molecular complexity index is 937. The summed E-state index contributed by atoms with van der Waals surface area (Å²) in [6.07, 6.45) is 1.80. The fourth-order valence-electron chi connectivity index (χ4n) is 3.36. The van der Waals surface area contributed by atoms with E-state index in [0.29, 0.717) is 23.7 Å². The van der Waals surface area contributed by atoms with E-state index in [-0.39, 0.29) is 23.5 Å². The molecule has 2 atom stereocenters. The molecule has 30 heavy (non-hydrogen) atoms. The van der Waals surface area contributed by atoms with E-state index in [4.69, 9.17) is 18.8 Å². The number of hydrogen-bond donors (Lipinski definition) is 0. The van der Waals surface area contributed by atoms with Crippen LogP contribution in [0, 0.1) is 11.7 Å². The quantitative estimate of drug-likeness (QED) is 0.281. The number of benzene rings is 1. The van der Waals surface area contributed by atoms with Crippen LogP contribution in [0.25, 0.3) is 0 Å². The van der Waals surface area contributed by atoms with Crippen LogP contribution in [0.1, 0.15) is 41.8 Å². The maximum atomic E-state index is 14.4. The van der Waals surface area contributed by atoms with Crippen LogP contribution in [0.4, 0.5) is 4.39 Å². The van der Waals surface area contributed by atoms with Gasteiger partial charge in [-0.25, -0.2) is 8.60 Å². The van der Waals surface area contributed by atoms with Crippen LogP contribution < -0.4 is 9.99 Å². The molecule has 1 fully saturated rings. The van der Waals surface area contributed by atoms with E-state index in [9.17, 15) is 14.0 Å². The average Bonchev–Trinajstić information content (AvgIpc) is 3.38. The molecule has 0 amide bonds. The monoisotopic (exact) mass is 455 g/mol. The van der Waals surface area contributed by atoms with Gasteiger partial charge in [0.2, 0.25) is 0 Å². The lowest BCUT2D eigenvalue weighted by Crippen LogP contribution is -2.31. The van der Waals surface area contributed by atoms with Gasteiger partial charge in [0.1, 0.15) is 5.82 Å². The molecule has 4 rings (SSSR count). The highest BCUT2D eigenvalue weighted by molar-refractivity contribution is 7.73. The summed E-state index contributed by atoms with van der Waals surface area (Å²) in [7, 11) is 0. The molecule has 0 saturated heterocycles. The van der Waals surface area contributed by atoms with E-state index in [1.807, 2.05) is 11.0 Å². The Morgan fingerprint density at radius 3 is 2.50 bits per heavy atom. The fraction of sp³-hybridized carbons (Fsp3) is 0.368. The summed E-state index contributed by atoms with van der Waals surface area (Å²) in [6.45, 7) is 2.50. The number of carbonyl (C=O) groups excluding carboxylic acids is 2. The molecule has 0 spiro atoms. The van der Waals surface area contributed by atoms with Gasteiger partial charge in [-0.3, -0.25) is 14.5 Å². The van der Waals surface area contributed by atoms with Gasteiger partial charge in [0.15, 0.2) is 10.8 Å². The van der Waals surface area contributed by atoms with E-state index in [2.05, 4.69) is 4.33 Å². The number of hydrogen-bond acceptors (Lipinski definition) is 9. The highest BCUT2D eigenvalue weighted by atomic mass is 32.2. The molecule has 1 aliphatic heterocycles. The Morgan fingerprint density at radius 2 is 1.97 bits per heavy atom. The van der Waals surface area contributed by atoms with Gasteiger partial charge in [-0.2, -0.15) is 0 Å². The van der Waals surface area contributed by atoms with Crippen molar-refractivity contribution in [3.8, 4) is 5.06 Å². The van der Waals surface area contributed by atoms with Crippen LogP contribution in [-0.2, 0) is 38.4 Å². The third-order valence-corrected chi connectivity index (χ3v) is 5.86. The third kappa shape index (κ3) is 5.56. The molecule has 2 aromatic rings. The molecule has 1 aromatic carbocycles. The Hall–Kier alpha value is -2.02. The maximum absolute atomic E-state index is 14.4. The second kappa shape index (κ2) is 9.86. The number of ketones is 1. The normalized spacial score (nSPS) is 17.5. The first-order valence-electron chi connectivity index (χ1n) is 9.02. The standard InChI is InChI=1S/C19H18FNO3S.H2O4S/c1-11(22)24-17-8-13-9-21(10-16(13)25-17)18(19(23)12-6-7-12)14-4-2-3-5-15(14)20;1-4-5(2)3/h2-5,8,12,18H,6-7,9-10H2,1H3;1H,(H,2,3)/p-2. The van der Waals surface area contributed by atoms with Gasteiger partial charge in [0.25, 0.3) is 0 Å². The number of fused-ring (bicyclic) bond motifs is 1. The number of thiophene rings is 1. The van der Waals surface area contributed by atoms with Gasteiger partial charge >= 0.3 is 5.97 Å². The molecular weight excluding hydrogens is 437 g/mol. The first kappa shape index (κ1) is 22.7. The molecule has 0 radical (unpaired) electrons. The van der Waals surface area contributed by atoms with E-state index in [1.165, 1.54) is 24.3 Å². The number of rotatable bonds is 6. The first-order valence-corrected chi connectivity index (χ1v) is 10.8. The Kier molecular flexibility index (Phi) is 7.45. The highest BCUT2D eigenvalue weighted by Crippen LogP contribution is 2.43. The molecule has 0 N–H and O–H groups in total. The van der Waals surface area contributed by atoms with E-state index < -0.39 is 17.4 Å². The Balaban J connectivity index is 0.000000461. The number of Topliss-reactive ketones (excluding diaryl/α,β-unsaturated/α-hetero) is 1. The van der Waals surface area contributed by atoms with Crippen LogP contribution in [0.3, 0.4) is 0 Å². The fourth-order valence-corrected chi connectivity index (χ4v) is 4.45. The molecule has 1 aliphatic carbocycles. The van der Waals surface area contributed by atoms with Crippen LogP contribution in [0.15, 0.2) is 30.3 Å². The lowest BCUT2D eigenvalue weighted by atomic mass is 9.97. The van der Waals surface area contributed by atoms with E-state index in [1.54, 1.807) is 18.2 Å². The molecule has 8 nitrogen and oxygen atoms in total. The van der Waals surface area contributed by atoms with Gasteiger partial charge in [-0.1, -0.05) is 18.2 Å². The van der Waals surface area contributed by atoms with Gasteiger partial charge in [0, 0.05) is 36.4 Å². The van der Waals surface area contributed by atoms with Crippen molar-refractivity contribution in [1.82, 2.24) is 4.90 Å². The number of nitrogens with zero attached hydrogens (tertiary/aromatic N) is 1. The van der Waals surface area contributed by atoms with Gasteiger partial charge < -0.3 is 18.9 Å². The summed E-state index contributed by atoms with van der Waals surface area (Å²) >= 11 is -1.46. The Morgan fingerprint density at radius 1 is 1.30 bits per heavy atom. The van der Waals surface area contributed by atoms with Gasteiger partial charge in [-0.05, 0) is 30.5 Å². The minimum atomic E-state index is -2.88. The Labute approximate surface area is 178 Å². The topological polar surface area (TPSA) is 119 Å². The average molecular weight is 455 g/mol. The number of esters is 1. The maximum Gasteiger partial charge on any atom is 0.308 e. The van der Waals surface area contributed by atoms with Crippen molar-refractivity contribution in [1.29, 1.82) is 0 Å². The zero-order chi connectivity index (χ0) is 21.8. The first-order chi connectivity index (χ1) is 14.3. The summed E-state index contributed by atoms with van der Waals surface area (Å²) in [5.74, 6) is -0.511. The summed E-state index contributed by atoms with van der Waals surface area (Å²) in [5, 5.41) is 9.09. The summed E-state index contributed by atoms with van der Waals surface area (Å²) in [4.78, 5) is 27.0. The van der Waals surface area contributed by atoms with Crippen molar-refractivity contribution < 1.29 is 37.1 Å². The molecule has 2 unspecified atom stereocenters. The SMILES string of the molecule is CC(=O)Oc1cc2c(s1)CN(C(C(=O)C1CC1)c1ccccc1F)C2.O=S([O-])O[O-]. The van der Waals surface area contributed by atoms with Crippen LogP contribution in [0.5, 0.6) is 5.06 Å². The van der Waals surface area contributed by atoms with Crippen LogP contribution in [0.2, 0.25) is 0 Å². The second-order valence-corrected chi connectivity index (χ2v) is 8.53. The number of halogens is 1. The smallest absolute Gasteiger partial charge is 0.308 e. The number of ether oxygens (including phenoxy) is 1. The summed E-state index contributed by atoms with van der Waals surface area (Å²) < 4.78 is 39.6. The van der Waals surface area contributed by atoms with Crippen molar-refractivity contribution in [3.05, 3.63) is 52.2 Å². The lowest BCUT2D eigenvalue weighted by Gasteiger charge is -2.27. The van der Waals surface area contributed by atoms with Gasteiger partial charge in [-0.15, -0.1) is 11.3 Å².